The Morgan fingerprint density at radius 3 is 3.05 bits per heavy atom. The van der Waals surface area contributed by atoms with Gasteiger partial charge in [-0.15, -0.1) is 0 Å². The van der Waals surface area contributed by atoms with Crippen molar-refractivity contribution in [2.75, 3.05) is 27.2 Å². The molecule has 2 heterocycles. The van der Waals surface area contributed by atoms with Crippen molar-refractivity contribution in [1.82, 2.24) is 15.2 Å². The molecule has 1 amide bonds. The fraction of sp³-hybridized carbons (Fsp3) is 0.438. The van der Waals surface area contributed by atoms with Gasteiger partial charge in [0.2, 0.25) is 0 Å². The van der Waals surface area contributed by atoms with Crippen LogP contribution in [0.25, 0.3) is 10.9 Å². The Kier molecular flexibility index (Phi) is 3.49. The van der Waals surface area contributed by atoms with E-state index < -0.39 is 12.1 Å². The van der Waals surface area contributed by atoms with Gasteiger partial charge in [-0.3, -0.25) is 0 Å². The molecule has 1 atom stereocenters. The minimum atomic E-state index is -1.06. The molecule has 2 N–H and O–H groups in total. The van der Waals surface area contributed by atoms with Crippen LogP contribution in [0.1, 0.15) is 12.5 Å². The first-order valence-electron chi connectivity index (χ1n) is 7.64. The molecule has 1 aliphatic rings. The third-order valence-corrected chi connectivity index (χ3v) is 3.73. The Hall–Kier alpha value is -2.01. The molecule has 1 aromatic heterocycles. The Labute approximate surface area is 125 Å². The van der Waals surface area contributed by atoms with Crippen LogP contribution in [-0.4, -0.2) is 49.2 Å². The first kappa shape index (κ1) is 12.7. The monoisotopic (exact) mass is 288 g/mol. The van der Waals surface area contributed by atoms with Gasteiger partial charge in [0.1, 0.15) is 6.61 Å². The molecule has 0 aliphatic carbocycles. The summed E-state index contributed by atoms with van der Waals surface area (Å²) in [5.41, 5.74) is 3.40. The van der Waals surface area contributed by atoms with Crippen LogP contribution in [0.4, 0.5) is 4.79 Å². The van der Waals surface area contributed by atoms with Crippen LogP contribution in [0, 0.1) is 0 Å². The van der Waals surface area contributed by atoms with Crippen molar-refractivity contribution in [3.63, 3.8) is 0 Å². The summed E-state index contributed by atoms with van der Waals surface area (Å²) < 4.78 is 13.1. The number of carbonyl (C=O) groups excluding carboxylic acids is 1. The molecule has 3 rings (SSSR count). The number of aromatic amines is 1. The van der Waals surface area contributed by atoms with E-state index in [1.54, 1.807) is 0 Å². The Bertz CT molecular complexity index is 698. The molecule has 1 aliphatic heterocycles. The Balaban J connectivity index is 1.82. The average Bonchev–Trinajstić information content (AvgIpc) is 3.00. The predicted octanol–water partition coefficient (Wildman–Crippen LogP) is 1.92. The number of ether oxygens (including phenoxy) is 1. The largest absolute Gasteiger partial charge is 0.447 e. The van der Waals surface area contributed by atoms with E-state index in [4.69, 9.17) is 6.11 Å². The molecule has 0 saturated carbocycles. The number of cyclic esters (lactones) is 1. The van der Waals surface area contributed by atoms with Crippen LogP contribution < -0.4 is 5.32 Å². The second-order valence-electron chi connectivity index (χ2n) is 5.73. The molecular weight excluding hydrogens is 266 g/mol. The fourth-order valence-electron chi connectivity index (χ4n) is 2.60. The third kappa shape index (κ3) is 3.19. The van der Waals surface area contributed by atoms with E-state index in [9.17, 15) is 4.79 Å². The number of H-pyrrole nitrogens is 1. The summed E-state index contributed by atoms with van der Waals surface area (Å²) >= 11 is 0. The minimum Gasteiger partial charge on any atom is -0.447 e. The van der Waals surface area contributed by atoms with E-state index in [0.717, 1.165) is 24.0 Å². The lowest BCUT2D eigenvalue weighted by Gasteiger charge is -2.09. The highest BCUT2D eigenvalue weighted by atomic mass is 16.6. The van der Waals surface area contributed by atoms with Crippen molar-refractivity contribution in [2.24, 2.45) is 0 Å². The zero-order chi connectivity index (χ0) is 15.7. The smallest absolute Gasteiger partial charge is 0.407 e. The maximum atomic E-state index is 11.2. The number of rotatable bonds is 5. The van der Waals surface area contributed by atoms with Crippen LogP contribution in [0.15, 0.2) is 24.4 Å². The highest BCUT2D eigenvalue weighted by Crippen LogP contribution is 2.21. The summed E-state index contributed by atoms with van der Waals surface area (Å²) in [4.78, 5) is 16.6. The van der Waals surface area contributed by atoms with Crippen molar-refractivity contribution in [1.29, 1.82) is 0 Å². The number of nitrogens with zero attached hydrogens (tertiary/aromatic N) is 1. The molecule has 5 heteroatoms. The van der Waals surface area contributed by atoms with Crippen LogP contribution in [0.5, 0.6) is 0 Å². The number of nitrogens with one attached hydrogen (secondary N) is 2. The zero-order valence-electron chi connectivity index (χ0n) is 13.4. The summed E-state index contributed by atoms with van der Waals surface area (Å²) in [7, 11) is 4.12. The summed E-state index contributed by atoms with van der Waals surface area (Å²) in [6, 6.07) is 5.07. The number of hydrogen-bond acceptors (Lipinski definition) is 3. The molecule has 1 saturated heterocycles. The average molecular weight is 288 g/mol. The van der Waals surface area contributed by atoms with Gasteiger partial charge in [0, 0.05) is 23.6 Å². The maximum absolute atomic E-state index is 11.2. The van der Waals surface area contributed by atoms with E-state index in [-0.39, 0.29) is 6.61 Å². The Morgan fingerprint density at radius 1 is 1.48 bits per heavy atom. The molecule has 0 unspecified atom stereocenters. The van der Waals surface area contributed by atoms with Crippen LogP contribution in [0.2, 0.25) is 0 Å². The van der Waals surface area contributed by atoms with Crippen molar-refractivity contribution in [2.45, 2.75) is 18.9 Å². The number of hydrogen-bond donors (Lipinski definition) is 2. The van der Waals surface area contributed by atoms with Gasteiger partial charge in [-0.05, 0) is 50.2 Å². The van der Waals surface area contributed by atoms with Crippen molar-refractivity contribution in [3.05, 3.63) is 35.5 Å². The van der Waals surface area contributed by atoms with Gasteiger partial charge in [0.25, 0.3) is 0 Å². The van der Waals surface area contributed by atoms with Gasteiger partial charge in [-0.1, -0.05) is 6.07 Å². The second kappa shape index (κ2) is 5.77. The zero-order valence-corrected chi connectivity index (χ0v) is 12.4. The summed E-state index contributed by atoms with van der Waals surface area (Å²) in [5, 5.41) is 3.75. The number of benzene rings is 1. The number of alkyl carbamates (subject to hydrolysis) is 1. The molecule has 0 radical (unpaired) electrons. The molecule has 5 nitrogen and oxygen atoms in total. The summed E-state index contributed by atoms with van der Waals surface area (Å²) in [6.45, 7) is 1.08. The topological polar surface area (TPSA) is 57.4 Å². The third-order valence-electron chi connectivity index (χ3n) is 3.73. The van der Waals surface area contributed by atoms with E-state index >= 15 is 0 Å². The normalized spacial score (nSPS) is 22.4. The molecule has 0 spiro atoms. The highest BCUT2D eigenvalue weighted by molar-refractivity contribution is 5.84. The summed E-state index contributed by atoms with van der Waals surface area (Å²) in [6.07, 6.45) is 2.95. The van der Waals surface area contributed by atoms with Gasteiger partial charge < -0.3 is 19.9 Å². The number of aromatic nitrogens is 1. The van der Waals surface area contributed by atoms with Gasteiger partial charge in [-0.2, -0.15) is 0 Å². The predicted molar refractivity (Wildman–Crippen MR) is 82.5 cm³/mol. The fourth-order valence-corrected chi connectivity index (χ4v) is 2.60. The van der Waals surface area contributed by atoms with Gasteiger partial charge in [0.05, 0.1) is 7.39 Å². The molecule has 1 aromatic carbocycles. The number of amides is 1. The SMILES string of the molecule is [2H][C@]1(Cc2ccc3[nH]cc(CCN(C)C)c3c2)COC(=O)N1. The summed E-state index contributed by atoms with van der Waals surface area (Å²) in [5.74, 6) is 0. The molecule has 2 aromatic rings. The number of carbonyl (C=O) groups is 1. The van der Waals surface area contributed by atoms with Gasteiger partial charge >= 0.3 is 6.09 Å². The van der Waals surface area contributed by atoms with Gasteiger partial charge in [0.15, 0.2) is 0 Å². The highest BCUT2D eigenvalue weighted by Gasteiger charge is 2.22. The quantitative estimate of drug-likeness (QED) is 0.884. The molecule has 112 valence electrons. The van der Waals surface area contributed by atoms with Gasteiger partial charge in [-0.25, -0.2) is 4.79 Å². The van der Waals surface area contributed by atoms with E-state index in [2.05, 4.69) is 41.6 Å². The molecule has 0 bridgehead atoms. The lowest BCUT2D eigenvalue weighted by Crippen LogP contribution is -2.28. The lowest BCUT2D eigenvalue weighted by molar-refractivity contribution is 0.177. The molecule has 1 fully saturated rings. The van der Waals surface area contributed by atoms with Crippen molar-refractivity contribution < 1.29 is 10.9 Å². The van der Waals surface area contributed by atoms with Crippen LogP contribution in [0.3, 0.4) is 0 Å². The van der Waals surface area contributed by atoms with Crippen LogP contribution >= 0.6 is 0 Å². The maximum Gasteiger partial charge on any atom is 0.407 e. The first-order chi connectivity index (χ1) is 10.5. The second-order valence-corrected chi connectivity index (χ2v) is 5.73. The van der Waals surface area contributed by atoms with E-state index in [0.29, 0.717) is 6.42 Å². The molecular formula is C16H21N3O2. The van der Waals surface area contributed by atoms with Crippen LogP contribution in [-0.2, 0) is 17.6 Å². The lowest BCUT2D eigenvalue weighted by atomic mass is 10.0. The molecule has 21 heavy (non-hydrogen) atoms. The van der Waals surface area contributed by atoms with E-state index in [1.807, 2.05) is 12.1 Å². The standard InChI is InChI=1S/C16H21N3O2/c1-19(2)6-5-12-9-17-15-4-3-11(8-14(12)15)7-13-10-21-16(20)18-13/h3-4,8-9,13,17H,5-7,10H2,1-2H3,(H,18,20)/t13-/m0/s1/i13D. The number of likely N-dealkylation sites (N-methyl/N-ethyl adjacent to an activating group) is 1. The first-order valence-corrected chi connectivity index (χ1v) is 7.14. The van der Waals surface area contributed by atoms with E-state index in [1.165, 1.54) is 10.9 Å². The minimum absolute atomic E-state index is 0.0878. The van der Waals surface area contributed by atoms with Crippen molar-refractivity contribution >= 4 is 17.0 Å². The van der Waals surface area contributed by atoms with Crippen molar-refractivity contribution in [3.8, 4) is 0 Å². The Morgan fingerprint density at radius 2 is 2.33 bits per heavy atom. The number of fused-ring (bicyclic) bond motifs is 1.